The third-order valence-corrected chi connectivity index (χ3v) is 2.66. The van der Waals surface area contributed by atoms with Gasteiger partial charge in [-0.05, 0) is 12.1 Å². The Bertz CT molecular complexity index is 388. The SMILES string of the molecule is CC(CC(=O)O)C1COc2ccccc2O1. The second-order valence-electron chi connectivity index (χ2n) is 3.99. The number of aliphatic carboxylic acids is 1. The van der Waals surface area contributed by atoms with E-state index in [1.807, 2.05) is 31.2 Å². The van der Waals surface area contributed by atoms with Crippen LogP contribution in [0.5, 0.6) is 11.5 Å². The highest BCUT2D eigenvalue weighted by molar-refractivity contribution is 5.67. The van der Waals surface area contributed by atoms with Gasteiger partial charge in [0.2, 0.25) is 0 Å². The van der Waals surface area contributed by atoms with E-state index in [9.17, 15) is 4.79 Å². The Balaban J connectivity index is 2.05. The van der Waals surface area contributed by atoms with Crippen molar-refractivity contribution in [2.75, 3.05) is 6.61 Å². The van der Waals surface area contributed by atoms with E-state index in [-0.39, 0.29) is 18.4 Å². The van der Waals surface area contributed by atoms with Gasteiger partial charge in [0.05, 0.1) is 6.42 Å². The molecule has 1 aromatic rings. The average Bonchev–Trinajstić information content (AvgIpc) is 2.27. The summed E-state index contributed by atoms with van der Waals surface area (Å²) < 4.78 is 11.2. The Labute approximate surface area is 93.8 Å². The number of hydrogen-bond acceptors (Lipinski definition) is 3. The third-order valence-electron chi connectivity index (χ3n) is 2.66. The lowest BCUT2D eigenvalue weighted by Gasteiger charge is -2.29. The van der Waals surface area contributed by atoms with Crippen LogP contribution in [-0.2, 0) is 4.79 Å². The van der Waals surface area contributed by atoms with Gasteiger partial charge in [-0.1, -0.05) is 19.1 Å². The highest BCUT2D eigenvalue weighted by atomic mass is 16.6. The molecule has 0 aliphatic carbocycles. The van der Waals surface area contributed by atoms with Crippen LogP contribution in [-0.4, -0.2) is 23.8 Å². The number of hydrogen-bond donors (Lipinski definition) is 1. The number of para-hydroxylation sites is 2. The molecule has 1 aromatic carbocycles. The van der Waals surface area contributed by atoms with E-state index in [2.05, 4.69) is 0 Å². The van der Waals surface area contributed by atoms with Gasteiger partial charge in [0, 0.05) is 5.92 Å². The molecule has 0 fully saturated rings. The largest absolute Gasteiger partial charge is 0.486 e. The molecule has 0 saturated carbocycles. The molecule has 0 aromatic heterocycles. The van der Waals surface area contributed by atoms with Crippen molar-refractivity contribution < 1.29 is 19.4 Å². The van der Waals surface area contributed by atoms with E-state index in [4.69, 9.17) is 14.6 Å². The van der Waals surface area contributed by atoms with E-state index >= 15 is 0 Å². The molecule has 86 valence electrons. The zero-order valence-corrected chi connectivity index (χ0v) is 9.05. The number of carbonyl (C=O) groups is 1. The van der Waals surface area contributed by atoms with Crippen molar-refractivity contribution in [3.8, 4) is 11.5 Å². The first kappa shape index (κ1) is 10.8. The van der Waals surface area contributed by atoms with Crippen LogP contribution in [0.4, 0.5) is 0 Å². The Morgan fingerprint density at radius 2 is 2.19 bits per heavy atom. The van der Waals surface area contributed by atoms with Crippen LogP contribution in [0.15, 0.2) is 24.3 Å². The standard InChI is InChI=1S/C12H14O4/c1-8(6-12(13)14)11-7-15-9-4-2-3-5-10(9)16-11/h2-5,8,11H,6-7H2,1H3,(H,13,14). The van der Waals surface area contributed by atoms with E-state index in [0.29, 0.717) is 12.4 Å². The van der Waals surface area contributed by atoms with Crippen LogP contribution < -0.4 is 9.47 Å². The smallest absolute Gasteiger partial charge is 0.303 e. The van der Waals surface area contributed by atoms with Crippen LogP contribution in [0, 0.1) is 5.92 Å². The first-order chi connectivity index (χ1) is 7.66. The second-order valence-corrected chi connectivity index (χ2v) is 3.99. The molecule has 4 nitrogen and oxygen atoms in total. The van der Waals surface area contributed by atoms with Crippen molar-refractivity contribution in [2.24, 2.45) is 5.92 Å². The summed E-state index contributed by atoms with van der Waals surface area (Å²) in [5.41, 5.74) is 0. The summed E-state index contributed by atoms with van der Waals surface area (Å²) in [5.74, 6) is 0.540. The highest BCUT2D eigenvalue weighted by Crippen LogP contribution is 2.33. The fourth-order valence-corrected chi connectivity index (χ4v) is 1.72. The summed E-state index contributed by atoms with van der Waals surface area (Å²) in [6.45, 7) is 2.27. The molecule has 2 atom stereocenters. The Morgan fingerprint density at radius 1 is 1.50 bits per heavy atom. The topological polar surface area (TPSA) is 55.8 Å². The number of benzene rings is 1. The lowest BCUT2D eigenvalue weighted by molar-refractivity contribution is -0.139. The first-order valence-corrected chi connectivity index (χ1v) is 5.27. The summed E-state index contributed by atoms with van der Waals surface area (Å²) in [4.78, 5) is 10.6. The van der Waals surface area contributed by atoms with Gasteiger partial charge < -0.3 is 14.6 Å². The molecule has 1 aliphatic heterocycles. The Morgan fingerprint density at radius 3 is 2.88 bits per heavy atom. The number of fused-ring (bicyclic) bond motifs is 1. The van der Waals surface area contributed by atoms with Crippen molar-refractivity contribution in [1.29, 1.82) is 0 Å². The van der Waals surface area contributed by atoms with Crippen molar-refractivity contribution in [2.45, 2.75) is 19.4 Å². The molecular weight excluding hydrogens is 208 g/mol. The van der Waals surface area contributed by atoms with Gasteiger partial charge in [0.1, 0.15) is 12.7 Å². The second kappa shape index (κ2) is 4.43. The van der Waals surface area contributed by atoms with Gasteiger partial charge in [-0.25, -0.2) is 0 Å². The molecule has 16 heavy (non-hydrogen) atoms. The zero-order valence-electron chi connectivity index (χ0n) is 9.05. The predicted molar refractivity (Wildman–Crippen MR) is 57.8 cm³/mol. The zero-order chi connectivity index (χ0) is 11.5. The van der Waals surface area contributed by atoms with Crippen LogP contribution in [0.25, 0.3) is 0 Å². The van der Waals surface area contributed by atoms with E-state index in [1.165, 1.54) is 0 Å². The monoisotopic (exact) mass is 222 g/mol. The summed E-state index contributed by atoms with van der Waals surface area (Å²) >= 11 is 0. The maximum Gasteiger partial charge on any atom is 0.303 e. The van der Waals surface area contributed by atoms with Gasteiger partial charge in [-0.15, -0.1) is 0 Å². The molecule has 0 amide bonds. The lowest BCUT2D eigenvalue weighted by atomic mass is 10.0. The molecule has 0 radical (unpaired) electrons. The third kappa shape index (κ3) is 2.27. The number of carboxylic acids is 1. The Kier molecular flexibility index (Phi) is 2.99. The van der Waals surface area contributed by atoms with Gasteiger partial charge in [-0.3, -0.25) is 4.79 Å². The molecule has 2 rings (SSSR count). The molecule has 0 saturated heterocycles. The maximum absolute atomic E-state index is 10.6. The fourth-order valence-electron chi connectivity index (χ4n) is 1.72. The summed E-state index contributed by atoms with van der Waals surface area (Å²) in [6.07, 6.45) is -0.0954. The first-order valence-electron chi connectivity index (χ1n) is 5.27. The van der Waals surface area contributed by atoms with Crippen LogP contribution in [0.3, 0.4) is 0 Å². The summed E-state index contributed by atoms with van der Waals surface area (Å²) in [7, 11) is 0. The number of rotatable bonds is 3. The van der Waals surface area contributed by atoms with E-state index in [1.54, 1.807) is 0 Å². The molecule has 1 N–H and O–H groups in total. The van der Waals surface area contributed by atoms with Crippen molar-refractivity contribution in [3.05, 3.63) is 24.3 Å². The van der Waals surface area contributed by atoms with Crippen molar-refractivity contribution in [1.82, 2.24) is 0 Å². The van der Waals surface area contributed by atoms with Crippen molar-refractivity contribution in [3.63, 3.8) is 0 Å². The van der Waals surface area contributed by atoms with Gasteiger partial charge in [-0.2, -0.15) is 0 Å². The minimum Gasteiger partial charge on any atom is -0.486 e. The minimum atomic E-state index is -0.810. The molecular formula is C12H14O4. The van der Waals surface area contributed by atoms with Gasteiger partial charge in [0.25, 0.3) is 0 Å². The van der Waals surface area contributed by atoms with E-state index < -0.39 is 5.97 Å². The maximum atomic E-state index is 10.6. The van der Waals surface area contributed by atoms with E-state index in [0.717, 1.165) is 5.75 Å². The minimum absolute atomic E-state index is 0.0640. The highest BCUT2D eigenvalue weighted by Gasteiger charge is 2.27. The Hall–Kier alpha value is -1.71. The molecule has 1 aliphatic rings. The average molecular weight is 222 g/mol. The molecule has 2 unspecified atom stereocenters. The van der Waals surface area contributed by atoms with Gasteiger partial charge >= 0.3 is 5.97 Å². The van der Waals surface area contributed by atoms with Crippen molar-refractivity contribution >= 4 is 5.97 Å². The quantitative estimate of drug-likeness (QED) is 0.849. The normalized spacial score (nSPS) is 20.2. The fraction of sp³-hybridized carbons (Fsp3) is 0.417. The molecule has 4 heteroatoms. The van der Waals surface area contributed by atoms with Crippen LogP contribution in [0.1, 0.15) is 13.3 Å². The molecule has 0 bridgehead atoms. The van der Waals surface area contributed by atoms with Crippen LogP contribution in [0.2, 0.25) is 0 Å². The predicted octanol–water partition coefficient (Wildman–Crippen LogP) is 1.94. The lowest BCUT2D eigenvalue weighted by Crippen LogP contribution is -2.35. The van der Waals surface area contributed by atoms with Crippen LogP contribution >= 0.6 is 0 Å². The number of carboxylic acid groups (broad SMARTS) is 1. The summed E-state index contributed by atoms with van der Waals surface area (Å²) in [6, 6.07) is 7.41. The number of ether oxygens (including phenoxy) is 2. The molecule has 0 spiro atoms. The van der Waals surface area contributed by atoms with Gasteiger partial charge in [0.15, 0.2) is 11.5 Å². The summed E-state index contributed by atoms with van der Waals surface area (Å²) in [5, 5.41) is 8.71. The molecule has 1 heterocycles.